The molecular weight excluding hydrogens is 545 g/mol. The Morgan fingerprint density at radius 1 is 1.08 bits per heavy atom. The summed E-state index contributed by atoms with van der Waals surface area (Å²) < 4.78 is 52.5. The lowest BCUT2D eigenvalue weighted by Crippen LogP contribution is -2.59. The Morgan fingerprint density at radius 2 is 1.63 bits per heavy atom. The number of aromatic nitrogens is 2. The van der Waals surface area contributed by atoms with E-state index in [4.69, 9.17) is 29.2 Å². The van der Waals surface area contributed by atoms with Crippen molar-refractivity contribution in [2.24, 2.45) is 5.73 Å². The number of nitrogens with zero attached hydrogens (tertiary/aromatic N) is 2. The van der Waals surface area contributed by atoms with Crippen molar-refractivity contribution in [2.75, 3.05) is 12.3 Å². The van der Waals surface area contributed by atoms with Crippen molar-refractivity contribution in [1.29, 1.82) is 0 Å². The van der Waals surface area contributed by atoms with Gasteiger partial charge in [-0.3, -0.25) is 4.57 Å². The first-order chi connectivity index (χ1) is 17.0. The first-order valence-corrected chi connectivity index (χ1v) is 20.0. The van der Waals surface area contributed by atoms with E-state index < -0.39 is 56.5 Å². The molecule has 1 aromatic heterocycles. The second kappa shape index (κ2) is 9.52. The largest absolute Gasteiger partial charge is 0.414 e. The van der Waals surface area contributed by atoms with Gasteiger partial charge in [0.05, 0.1) is 17.7 Å². The van der Waals surface area contributed by atoms with Crippen LogP contribution in [0.25, 0.3) is 0 Å². The molecule has 0 saturated carbocycles. The van der Waals surface area contributed by atoms with Crippen LogP contribution in [-0.4, -0.2) is 59.0 Å². The molecule has 38 heavy (non-hydrogen) atoms. The Balaban J connectivity index is 2.23. The van der Waals surface area contributed by atoms with E-state index >= 15 is 0 Å². The van der Waals surface area contributed by atoms with E-state index in [1.165, 1.54) is 10.8 Å². The average Bonchev–Trinajstić information content (AvgIpc) is 3.14. The van der Waals surface area contributed by atoms with E-state index in [0.29, 0.717) is 5.56 Å². The van der Waals surface area contributed by atoms with E-state index in [-0.39, 0.29) is 28.2 Å². The third-order valence-electron chi connectivity index (χ3n) is 8.52. The molecule has 1 aromatic rings. The average molecular weight is 589 g/mol. The molecule has 14 heteroatoms. The zero-order valence-corrected chi connectivity index (χ0v) is 27.2. The first kappa shape index (κ1) is 31.0. The third kappa shape index (κ3) is 5.40. The fourth-order valence-electron chi connectivity index (χ4n) is 3.98. The fraction of sp³-hybridized carbons (Fsp3) is 0.750. The molecule has 0 bridgehead atoms. The Hall–Kier alpha value is -1.56. The number of ether oxygens (including phenoxy) is 1. The van der Waals surface area contributed by atoms with Crippen LogP contribution in [-0.2, 0) is 27.9 Å². The SMILES string of the molecule is Cc1cn(C2OC(CO[Si](C)(C)C(C)(C)C)C3(OS(=O)(=O)C=C3N)C2O[Si](C)(C)C(C)(C)C)c(=O)nc1N. The highest BCUT2D eigenvalue weighted by molar-refractivity contribution is 7.90. The molecule has 216 valence electrons. The van der Waals surface area contributed by atoms with Gasteiger partial charge in [-0.25, -0.2) is 8.98 Å². The molecule has 1 fully saturated rings. The van der Waals surface area contributed by atoms with Crippen LogP contribution in [0.4, 0.5) is 5.82 Å². The molecule has 3 heterocycles. The van der Waals surface area contributed by atoms with Crippen LogP contribution >= 0.6 is 0 Å². The van der Waals surface area contributed by atoms with Gasteiger partial charge in [0, 0.05) is 11.8 Å². The highest BCUT2D eigenvalue weighted by Gasteiger charge is 2.67. The summed E-state index contributed by atoms with van der Waals surface area (Å²) >= 11 is 0. The number of aryl methyl sites for hydroxylation is 1. The summed E-state index contributed by atoms with van der Waals surface area (Å²) in [6.07, 6.45) is -1.65. The summed E-state index contributed by atoms with van der Waals surface area (Å²) in [7, 11) is -9.06. The number of rotatable bonds is 6. The molecule has 2 aliphatic heterocycles. The highest BCUT2D eigenvalue weighted by atomic mass is 32.2. The number of hydrogen-bond donors (Lipinski definition) is 2. The van der Waals surface area contributed by atoms with Crippen LogP contribution in [0.3, 0.4) is 0 Å². The molecule has 2 aliphatic rings. The Bertz CT molecular complexity index is 1280. The van der Waals surface area contributed by atoms with E-state index in [2.05, 4.69) is 59.6 Å². The lowest BCUT2D eigenvalue weighted by atomic mass is 9.89. The lowest BCUT2D eigenvalue weighted by Gasteiger charge is -2.43. The number of nitrogen functional groups attached to an aromatic ring is 1. The van der Waals surface area contributed by atoms with Gasteiger partial charge in [0.1, 0.15) is 18.0 Å². The molecular formula is C24H44N4O7SSi2. The van der Waals surface area contributed by atoms with Gasteiger partial charge in [-0.15, -0.1) is 0 Å². The van der Waals surface area contributed by atoms with Gasteiger partial charge < -0.3 is 25.1 Å². The number of hydrogen-bond acceptors (Lipinski definition) is 10. The van der Waals surface area contributed by atoms with Gasteiger partial charge in [0.25, 0.3) is 10.1 Å². The molecule has 1 spiro atoms. The highest BCUT2D eigenvalue weighted by Crippen LogP contribution is 2.52. The maximum atomic E-state index is 13.1. The van der Waals surface area contributed by atoms with Crippen molar-refractivity contribution in [3.8, 4) is 0 Å². The summed E-state index contributed by atoms with van der Waals surface area (Å²) in [6.45, 7) is 22.4. The zero-order valence-electron chi connectivity index (χ0n) is 24.4. The molecule has 0 aliphatic carbocycles. The summed E-state index contributed by atoms with van der Waals surface area (Å²) in [5, 5.41) is 0.522. The molecule has 4 unspecified atom stereocenters. The Labute approximate surface area is 228 Å². The van der Waals surface area contributed by atoms with Crippen LogP contribution in [0.5, 0.6) is 0 Å². The predicted molar refractivity (Wildman–Crippen MR) is 152 cm³/mol. The molecule has 11 nitrogen and oxygen atoms in total. The Kier molecular flexibility index (Phi) is 7.76. The summed E-state index contributed by atoms with van der Waals surface area (Å²) in [4.78, 5) is 17.0. The fourth-order valence-corrected chi connectivity index (χ4v) is 7.48. The summed E-state index contributed by atoms with van der Waals surface area (Å²) in [5.74, 6) is 0.0951. The molecule has 4 atom stereocenters. The first-order valence-electron chi connectivity index (χ1n) is 12.7. The van der Waals surface area contributed by atoms with E-state index in [9.17, 15) is 13.2 Å². The molecule has 3 rings (SSSR count). The van der Waals surface area contributed by atoms with Crippen LogP contribution < -0.4 is 17.2 Å². The predicted octanol–water partition coefficient (Wildman–Crippen LogP) is 3.34. The van der Waals surface area contributed by atoms with Gasteiger partial charge in [0.15, 0.2) is 28.5 Å². The lowest BCUT2D eigenvalue weighted by molar-refractivity contribution is -0.0562. The maximum Gasteiger partial charge on any atom is 0.351 e. The molecule has 4 N–H and O–H groups in total. The third-order valence-corrected chi connectivity index (χ3v) is 18.5. The molecule has 1 saturated heterocycles. The minimum absolute atomic E-state index is 0.00938. The van der Waals surface area contributed by atoms with Crippen molar-refractivity contribution in [3.05, 3.63) is 33.3 Å². The second-order valence-electron chi connectivity index (χ2n) is 13.3. The molecule has 0 amide bonds. The number of anilines is 1. The molecule has 0 aromatic carbocycles. The zero-order chi connectivity index (χ0) is 29.3. The van der Waals surface area contributed by atoms with E-state index in [1.807, 2.05) is 13.1 Å². The van der Waals surface area contributed by atoms with Gasteiger partial charge in [0.2, 0.25) is 0 Å². The number of nitrogens with two attached hydrogens (primary N) is 2. The monoisotopic (exact) mass is 588 g/mol. The van der Waals surface area contributed by atoms with Crippen LogP contribution in [0.1, 0.15) is 53.3 Å². The van der Waals surface area contributed by atoms with Crippen molar-refractivity contribution >= 4 is 32.6 Å². The smallest absolute Gasteiger partial charge is 0.351 e. The quantitative estimate of drug-likeness (QED) is 0.373. The van der Waals surface area contributed by atoms with Crippen molar-refractivity contribution in [1.82, 2.24) is 9.55 Å². The van der Waals surface area contributed by atoms with Gasteiger partial charge >= 0.3 is 5.69 Å². The maximum absolute atomic E-state index is 13.1. The van der Waals surface area contributed by atoms with Crippen molar-refractivity contribution in [2.45, 2.75) is 109 Å². The van der Waals surface area contributed by atoms with Crippen LogP contribution in [0, 0.1) is 6.92 Å². The van der Waals surface area contributed by atoms with E-state index in [0.717, 1.165) is 5.41 Å². The summed E-state index contributed by atoms with van der Waals surface area (Å²) in [5.41, 5.74) is 10.4. The second-order valence-corrected chi connectivity index (χ2v) is 24.3. The van der Waals surface area contributed by atoms with Crippen molar-refractivity contribution < 1.29 is 26.2 Å². The minimum Gasteiger partial charge on any atom is -0.414 e. The topological polar surface area (TPSA) is 158 Å². The van der Waals surface area contributed by atoms with Gasteiger partial charge in [-0.2, -0.15) is 13.4 Å². The standard InChI is InChI=1S/C24H44N4O7SSi2/c1-15-12-28(21(29)27-19(15)26)20-18(34-38(10,11)23(5,6)7)24(16(25)14-36(30,31)35-24)17(33-20)13-32-37(8,9)22(2,3)4/h12,14,17-18,20H,13,25H2,1-11H3,(H2,26,27,29). The van der Waals surface area contributed by atoms with Crippen molar-refractivity contribution in [3.63, 3.8) is 0 Å². The normalized spacial score (nSPS) is 28.2. The van der Waals surface area contributed by atoms with Gasteiger partial charge in [-0.1, -0.05) is 41.5 Å². The van der Waals surface area contributed by atoms with Crippen LogP contribution in [0.2, 0.25) is 36.3 Å². The molecule has 0 radical (unpaired) electrons. The summed E-state index contributed by atoms with van der Waals surface area (Å²) in [6, 6.07) is 0. The minimum atomic E-state index is -4.16. The van der Waals surface area contributed by atoms with Crippen LogP contribution in [0.15, 0.2) is 22.1 Å². The van der Waals surface area contributed by atoms with E-state index in [1.54, 1.807) is 6.92 Å². The Morgan fingerprint density at radius 3 is 2.11 bits per heavy atom. The van der Waals surface area contributed by atoms with Gasteiger partial charge in [-0.05, 0) is 43.2 Å².